The fraction of sp³-hybridized carbons (Fsp3) is 0.586. The second kappa shape index (κ2) is 10.5. The van der Waals surface area contributed by atoms with Gasteiger partial charge in [-0.3, -0.25) is 14.7 Å². The number of benzene rings is 1. The van der Waals surface area contributed by atoms with Gasteiger partial charge in [0.1, 0.15) is 5.75 Å². The molecule has 2 aliphatic heterocycles. The van der Waals surface area contributed by atoms with E-state index in [1.54, 1.807) is 7.11 Å². The average molecular weight is 462 g/mol. The molecule has 5 nitrogen and oxygen atoms in total. The zero-order valence-electron chi connectivity index (χ0n) is 20.8. The van der Waals surface area contributed by atoms with Gasteiger partial charge in [0.05, 0.1) is 18.4 Å². The number of hydrogen-bond acceptors (Lipinski definition) is 4. The van der Waals surface area contributed by atoms with Gasteiger partial charge >= 0.3 is 0 Å². The molecule has 182 valence electrons. The van der Waals surface area contributed by atoms with Crippen LogP contribution < -0.4 is 4.74 Å². The van der Waals surface area contributed by atoms with Crippen molar-refractivity contribution >= 4 is 5.91 Å². The van der Waals surface area contributed by atoms with E-state index in [9.17, 15) is 4.79 Å². The van der Waals surface area contributed by atoms with Crippen molar-refractivity contribution in [1.29, 1.82) is 0 Å². The maximum absolute atomic E-state index is 13.9. The number of rotatable bonds is 5. The van der Waals surface area contributed by atoms with Gasteiger partial charge in [-0.2, -0.15) is 0 Å². The number of hydrogen-bond donors (Lipinski definition) is 0. The number of likely N-dealkylation sites (tertiary alicyclic amines) is 2. The molecular formula is C29H39N3O2. The number of pyridine rings is 1. The second-order valence-electron chi connectivity index (χ2n) is 10.5. The highest BCUT2D eigenvalue weighted by molar-refractivity contribution is 5.95. The highest BCUT2D eigenvalue weighted by Crippen LogP contribution is 2.37. The molecule has 0 N–H and O–H groups in total. The summed E-state index contributed by atoms with van der Waals surface area (Å²) in [6, 6.07) is 12.9. The van der Waals surface area contributed by atoms with Gasteiger partial charge in [-0.15, -0.1) is 0 Å². The van der Waals surface area contributed by atoms with Gasteiger partial charge in [-0.05, 0) is 94.3 Å². The lowest BCUT2D eigenvalue weighted by Crippen LogP contribution is -2.50. The number of aromatic nitrogens is 1. The Balaban J connectivity index is 1.29. The lowest BCUT2D eigenvalue weighted by molar-refractivity contribution is 0.0388. The van der Waals surface area contributed by atoms with Crippen LogP contribution in [0.15, 0.2) is 36.4 Å². The van der Waals surface area contributed by atoms with Gasteiger partial charge in [0.25, 0.3) is 5.91 Å². The van der Waals surface area contributed by atoms with Crippen molar-refractivity contribution in [3.05, 3.63) is 58.9 Å². The summed E-state index contributed by atoms with van der Waals surface area (Å²) in [7, 11) is 1.72. The van der Waals surface area contributed by atoms with E-state index in [2.05, 4.69) is 34.1 Å². The Labute approximate surface area is 204 Å². The number of amides is 1. The first-order valence-corrected chi connectivity index (χ1v) is 13.3. The zero-order chi connectivity index (χ0) is 23.5. The monoisotopic (exact) mass is 461 g/mol. The Hall–Kier alpha value is -2.40. The minimum absolute atomic E-state index is 0.234. The summed E-state index contributed by atoms with van der Waals surface area (Å²) in [5.74, 6) is 2.20. The van der Waals surface area contributed by atoms with E-state index in [4.69, 9.17) is 9.72 Å². The third-order valence-corrected chi connectivity index (χ3v) is 8.31. The van der Waals surface area contributed by atoms with Crippen LogP contribution in [0.4, 0.5) is 0 Å². The van der Waals surface area contributed by atoms with E-state index in [1.807, 2.05) is 19.1 Å². The van der Waals surface area contributed by atoms with E-state index in [0.717, 1.165) is 68.1 Å². The summed E-state index contributed by atoms with van der Waals surface area (Å²) in [4.78, 5) is 23.6. The minimum Gasteiger partial charge on any atom is -0.497 e. The van der Waals surface area contributed by atoms with E-state index < -0.39 is 0 Å². The van der Waals surface area contributed by atoms with Gasteiger partial charge in [-0.25, -0.2) is 0 Å². The number of methoxy groups -OCH3 is 1. The number of nitrogens with zero attached hydrogens (tertiary/aromatic N) is 3. The van der Waals surface area contributed by atoms with Crippen molar-refractivity contribution in [2.24, 2.45) is 5.92 Å². The lowest BCUT2D eigenvalue weighted by Gasteiger charge is -2.44. The maximum atomic E-state index is 13.9. The molecule has 1 aromatic carbocycles. The molecule has 1 aliphatic carbocycles. The Morgan fingerprint density at radius 1 is 1.00 bits per heavy atom. The molecule has 0 radical (unpaired) electrons. The average Bonchev–Trinajstić information content (AvgIpc) is 2.88. The molecule has 5 heteroatoms. The van der Waals surface area contributed by atoms with Gasteiger partial charge in [0, 0.05) is 30.7 Å². The van der Waals surface area contributed by atoms with Crippen LogP contribution in [0.3, 0.4) is 0 Å². The predicted molar refractivity (Wildman–Crippen MR) is 135 cm³/mol. The number of aryl methyl sites for hydroxylation is 1. The summed E-state index contributed by atoms with van der Waals surface area (Å²) < 4.78 is 5.39. The number of fused-ring (bicyclic) bond motifs is 1. The summed E-state index contributed by atoms with van der Waals surface area (Å²) in [6.45, 7) is 5.95. The van der Waals surface area contributed by atoms with Crippen LogP contribution in [0.25, 0.3) is 0 Å². The molecule has 5 rings (SSSR count). The van der Waals surface area contributed by atoms with Crippen LogP contribution in [0, 0.1) is 12.8 Å². The molecule has 2 aromatic rings. The molecular weight excluding hydrogens is 422 g/mol. The van der Waals surface area contributed by atoms with Gasteiger partial charge < -0.3 is 9.64 Å². The molecule has 2 unspecified atom stereocenters. The Morgan fingerprint density at radius 3 is 2.62 bits per heavy atom. The van der Waals surface area contributed by atoms with Crippen molar-refractivity contribution in [2.75, 3.05) is 26.7 Å². The summed E-state index contributed by atoms with van der Waals surface area (Å²) in [6.07, 6.45) is 9.58. The summed E-state index contributed by atoms with van der Waals surface area (Å²) in [5, 5.41) is 0. The third kappa shape index (κ3) is 5.00. The second-order valence-corrected chi connectivity index (χ2v) is 10.5. The third-order valence-electron chi connectivity index (χ3n) is 8.31. The highest BCUT2D eigenvalue weighted by atomic mass is 16.5. The van der Waals surface area contributed by atoms with E-state index in [-0.39, 0.29) is 5.91 Å². The van der Waals surface area contributed by atoms with E-state index in [0.29, 0.717) is 17.9 Å². The first-order valence-electron chi connectivity index (χ1n) is 13.3. The van der Waals surface area contributed by atoms with E-state index in [1.165, 1.54) is 37.7 Å². The Kier molecular flexibility index (Phi) is 7.19. The van der Waals surface area contributed by atoms with Crippen LogP contribution in [0.1, 0.15) is 84.6 Å². The molecule has 3 aliphatic rings. The first-order chi connectivity index (χ1) is 16.6. The first kappa shape index (κ1) is 23.3. The minimum atomic E-state index is 0.234. The van der Waals surface area contributed by atoms with Crippen molar-refractivity contribution in [3.63, 3.8) is 0 Å². The molecule has 3 heterocycles. The topological polar surface area (TPSA) is 45.7 Å². The largest absolute Gasteiger partial charge is 0.497 e. The normalized spacial score (nSPS) is 24.0. The molecule has 0 bridgehead atoms. The molecule has 1 saturated carbocycles. The number of carbonyl (C=O) groups is 1. The molecule has 0 spiro atoms. The van der Waals surface area contributed by atoms with Crippen LogP contribution in [0.2, 0.25) is 0 Å². The molecule has 1 amide bonds. The van der Waals surface area contributed by atoms with Crippen LogP contribution in [-0.2, 0) is 6.54 Å². The molecule has 34 heavy (non-hydrogen) atoms. The fourth-order valence-electron chi connectivity index (χ4n) is 6.49. The van der Waals surface area contributed by atoms with Crippen molar-refractivity contribution < 1.29 is 9.53 Å². The van der Waals surface area contributed by atoms with Crippen LogP contribution in [0.5, 0.6) is 5.75 Å². The summed E-state index contributed by atoms with van der Waals surface area (Å²) in [5.41, 5.74) is 4.21. The smallest absolute Gasteiger partial charge is 0.255 e. The molecule has 1 aromatic heterocycles. The van der Waals surface area contributed by atoms with Crippen molar-refractivity contribution in [2.45, 2.75) is 76.8 Å². The highest BCUT2D eigenvalue weighted by Gasteiger charge is 2.37. The van der Waals surface area contributed by atoms with Crippen LogP contribution >= 0.6 is 0 Å². The SMILES string of the molecule is COc1cccc(CN2CCC(c3nc(C)ccc3C(=O)N3CCCC4CCCCC43)CC2)c1. The maximum Gasteiger partial charge on any atom is 0.255 e. The Morgan fingerprint density at radius 2 is 1.79 bits per heavy atom. The fourth-order valence-corrected chi connectivity index (χ4v) is 6.49. The molecule has 2 atom stereocenters. The van der Waals surface area contributed by atoms with Crippen molar-refractivity contribution in [1.82, 2.24) is 14.8 Å². The van der Waals surface area contributed by atoms with Gasteiger partial charge in [-0.1, -0.05) is 25.0 Å². The quantitative estimate of drug-likeness (QED) is 0.584. The van der Waals surface area contributed by atoms with Gasteiger partial charge in [0.15, 0.2) is 0 Å². The molecule has 2 saturated heterocycles. The predicted octanol–water partition coefficient (Wildman–Crippen LogP) is 5.57. The standard InChI is InChI=1S/C29H39N3O2/c1-21-12-13-26(29(33)32-16-6-9-23-8-3-4-11-27(23)32)28(30-21)24-14-17-31(18-15-24)20-22-7-5-10-25(19-22)34-2/h5,7,10,12-13,19,23-24,27H,3-4,6,8-9,11,14-18,20H2,1-2H3. The van der Waals surface area contributed by atoms with Gasteiger partial charge in [0.2, 0.25) is 0 Å². The Bertz CT molecular complexity index is 997. The number of piperidine rings is 2. The zero-order valence-corrected chi connectivity index (χ0v) is 20.8. The summed E-state index contributed by atoms with van der Waals surface area (Å²) >= 11 is 0. The van der Waals surface area contributed by atoms with E-state index >= 15 is 0 Å². The number of carbonyl (C=O) groups excluding carboxylic acids is 1. The van der Waals surface area contributed by atoms with Crippen molar-refractivity contribution in [3.8, 4) is 5.75 Å². The molecule has 3 fully saturated rings. The van der Waals surface area contributed by atoms with Crippen LogP contribution in [-0.4, -0.2) is 53.5 Å². The number of ether oxygens (including phenoxy) is 1. The lowest BCUT2D eigenvalue weighted by atomic mass is 9.78.